The number of methoxy groups -OCH3 is 1. The van der Waals surface area contributed by atoms with Gasteiger partial charge in [0.2, 0.25) is 5.75 Å². The van der Waals surface area contributed by atoms with Gasteiger partial charge in [-0.3, -0.25) is 4.98 Å². The summed E-state index contributed by atoms with van der Waals surface area (Å²) >= 11 is 0. The molecule has 0 atom stereocenters. The van der Waals surface area contributed by atoms with E-state index in [1.807, 2.05) is 26.0 Å². The summed E-state index contributed by atoms with van der Waals surface area (Å²) in [5.74, 6) is 7.00. The van der Waals surface area contributed by atoms with Crippen LogP contribution in [0.15, 0.2) is 18.5 Å². The number of nitrogen functional groups attached to an aromatic ring is 1. The number of nitrogens with two attached hydrogens (primary N) is 1. The van der Waals surface area contributed by atoms with Gasteiger partial charge in [-0.05, 0) is 25.5 Å². The molecule has 2 heterocycles. The first kappa shape index (κ1) is 14.0. The summed E-state index contributed by atoms with van der Waals surface area (Å²) in [7, 11) is 1.50. The zero-order valence-electron chi connectivity index (χ0n) is 11.7. The molecule has 2 aromatic rings. The zero-order chi connectivity index (χ0) is 14.5. The molecule has 106 valence electrons. The Morgan fingerprint density at radius 1 is 1.30 bits per heavy atom. The maximum Gasteiger partial charge on any atom is 0.268 e. The molecule has 0 spiro atoms. The van der Waals surface area contributed by atoms with Gasteiger partial charge in [0.25, 0.3) is 5.88 Å². The summed E-state index contributed by atoms with van der Waals surface area (Å²) < 4.78 is 11.0. The SMILES string of the molecule is CCc1nc(C)ccc1Oc1ncnc(NN)c1OC. The fourth-order valence-electron chi connectivity index (χ4n) is 1.77. The van der Waals surface area contributed by atoms with E-state index in [9.17, 15) is 0 Å². The van der Waals surface area contributed by atoms with E-state index in [-0.39, 0.29) is 5.88 Å². The van der Waals surface area contributed by atoms with Crippen molar-refractivity contribution in [3.8, 4) is 17.4 Å². The average Bonchev–Trinajstić information content (AvgIpc) is 2.48. The summed E-state index contributed by atoms with van der Waals surface area (Å²) in [6, 6.07) is 3.74. The molecular formula is C13H17N5O2. The molecule has 0 aliphatic carbocycles. The molecule has 0 aromatic carbocycles. The molecule has 20 heavy (non-hydrogen) atoms. The second-order valence-corrected chi connectivity index (χ2v) is 4.06. The van der Waals surface area contributed by atoms with E-state index >= 15 is 0 Å². The average molecular weight is 275 g/mol. The van der Waals surface area contributed by atoms with Crippen molar-refractivity contribution in [2.45, 2.75) is 20.3 Å². The number of hydrazine groups is 1. The van der Waals surface area contributed by atoms with E-state index in [2.05, 4.69) is 20.4 Å². The van der Waals surface area contributed by atoms with Crippen LogP contribution in [0, 0.1) is 6.92 Å². The maximum absolute atomic E-state index is 5.79. The Balaban J connectivity index is 2.39. The van der Waals surface area contributed by atoms with E-state index in [0.717, 1.165) is 17.8 Å². The molecule has 2 rings (SSSR count). The number of nitrogens with one attached hydrogen (secondary N) is 1. The molecule has 7 nitrogen and oxygen atoms in total. The fourth-order valence-corrected chi connectivity index (χ4v) is 1.77. The lowest BCUT2D eigenvalue weighted by atomic mass is 10.2. The Morgan fingerprint density at radius 3 is 2.75 bits per heavy atom. The van der Waals surface area contributed by atoms with Crippen molar-refractivity contribution in [1.82, 2.24) is 15.0 Å². The van der Waals surface area contributed by atoms with E-state index in [4.69, 9.17) is 15.3 Å². The van der Waals surface area contributed by atoms with Crippen LogP contribution in [0.25, 0.3) is 0 Å². The van der Waals surface area contributed by atoms with Crippen molar-refractivity contribution < 1.29 is 9.47 Å². The Labute approximate surface area is 117 Å². The highest BCUT2D eigenvalue weighted by Crippen LogP contribution is 2.34. The molecule has 3 N–H and O–H groups in total. The minimum Gasteiger partial charge on any atom is -0.489 e. The molecule has 0 unspecified atom stereocenters. The number of hydrogen-bond donors (Lipinski definition) is 2. The number of ether oxygens (including phenoxy) is 2. The lowest BCUT2D eigenvalue weighted by Gasteiger charge is -2.13. The standard InChI is InChI=1S/C13H17N5O2/c1-4-9-10(6-5-8(2)17-9)20-13-11(19-3)12(18-14)15-7-16-13/h5-7H,4,14H2,1-3H3,(H,15,16,18). The molecular weight excluding hydrogens is 258 g/mol. The van der Waals surface area contributed by atoms with Crippen LogP contribution >= 0.6 is 0 Å². The summed E-state index contributed by atoms with van der Waals surface area (Å²) in [6.07, 6.45) is 2.10. The van der Waals surface area contributed by atoms with Gasteiger partial charge in [0, 0.05) is 5.69 Å². The second-order valence-electron chi connectivity index (χ2n) is 4.06. The monoisotopic (exact) mass is 275 g/mol. The lowest BCUT2D eigenvalue weighted by Crippen LogP contribution is -2.11. The molecule has 0 fully saturated rings. The number of rotatable bonds is 5. The summed E-state index contributed by atoms with van der Waals surface area (Å²) in [6.45, 7) is 3.95. The van der Waals surface area contributed by atoms with Gasteiger partial charge in [0.15, 0.2) is 11.6 Å². The van der Waals surface area contributed by atoms with Crippen LogP contribution in [0.4, 0.5) is 5.82 Å². The van der Waals surface area contributed by atoms with Crippen LogP contribution in [0.5, 0.6) is 17.4 Å². The van der Waals surface area contributed by atoms with Gasteiger partial charge in [0.1, 0.15) is 6.33 Å². The predicted octanol–water partition coefficient (Wildman–Crippen LogP) is 1.83. The number of nitrogens with zero attached hydrogens (tertiary/aromatic N) is 3. The molecule has 0 aliphatic heterocycles. The highest BCUT2D eigenvalue weighted by atomic mass is 16.5. The van der Waals surface area contributed by atoms with Crippen LogP contribution in [0.2, 0.25) is 0 Å². The Kier molecular flexibility index (Phi) is 4.31. The first-order valence-corrected chi connectivity index (χ1v) is 6.19. The first-order chi connectivity index (χ1) is 9.69. The van der Waals surface area contributed by atoms with Crippen LogP contribution in [0.1, 0.15) is 18.3 Å². The molecule has 0 amide bonds. The topological polar surface area (TPSA) is 95.2 Å². The van der Waals surface area contributed by atoms with Crippen molar-refractivity contribution >= 4 is 5.82 Å². The number of aromatic nitrogens is 3. The number of hydrogen-bond acceptors (Lipinski definition) is 7. The van der Waals surface area contributed by atoms with Gasteiger partial charge in [-0.15, -0.1) is 0 Å². The van der Waals surface area contributed by atoms with Crippen LogP contribution in [-0.4, -0.2) is 22.1 Å². The van der Waals surface area contributed by atoms with Crippen LogP contribution in [0.3, 0.4) is 0 Å². The van der Waals surface area contributed by atoms with Crippen molar-refractivity contribution in [2.24, 2.45) is 5.84 Å². The molecule has 2 aromatic heterocycles. The van der Waals surface area contributed by atoms with E-state index in [1.54, 1.807) is 0 Å². The smallest absolute Gasteiger partial charge is 0.268 e. The molecule has 0 saturated heterocycles. The van der Waals surface area contributed by atoms with Gasteiger partial charge in [-0.1, -0.05) is 6.92 Å². The molecule has 0 bridgehead atoms. The molecule has 0 aliphatic rings. The van der Waals surface area contributed by atoms with E-state index < -0.39 is 0 Å². The molecule has 0 saturated carbocycles. The first-order valence-electron chi connectivity index (χ1n) is 6.19. The minimum atomic E-state index is 0.288. The minimum absolute atomic E-state index is 0.288. The highest BCUT2D eigenvalue weighted by molar-refractivity contribution is 5.55. The molecule has 7 heteroatoms. The van der Waals surface area contributed by atoms with Crippen molar-refractivity contribution in [3.05, 3.63) is 29.8 Å². The second kappa shape index (κ2) is 6.16. The third-order valence-corrected chi connectivity index (χ3v) is 2.73. The Hall–Kier alpha value is -2.41. The predicted molar refractivity (Wildman–Crippen MR) is 74.8 cm³/mol. The van der Waals surface area contributed by atoms with E-state index in [0.29, 0.717) is 17.3 Å². The molecule has 0 radical (unpaired) electrons. The Morgan fingerprint density at radius 2 is 2.10 bits per heavy atom. The van der Waals surface area contributed by atoms with Crippen LogP contribution < -0.4 is 20.7 Å². The van der Waals surface area contributed by atoms with Crippen molar-refractivity contribution in [3.63, 3.8) is 0 Å². The van der Waals surface area contributed by atoms with Gasteiger partial charge < -0.3 is 14.9 Å². The van der Waals surface area contributed by atoms with Gasteiger partial charge >= 0.3 is 0 Å². The van der Waals surface area contributed by atoms with Crippen molar-refractivity contribution in [2.75, 3.05) is 12.5 Å². The van der Waals surface area contributed by atoms with Gasteiger partial charge in [-0.2, -0.15) is 4.98 Å². The summed E-state index contributed by atoms with van der Waals surface area (Å²) in [5, 5.41) is 0. The lowest BCUT2D eigenvalue weighted by molar-refractivity contribution is 0.367. The highest BCUT2D eigenvalue weighted by Gasteiger charge is 2.15. The fraction of sp³-hybridized carbons (Fsp3) is 0.308. The van der Waals surface area contributed by atoms with Crippen molar-refractivity contribution in [1.29, 1.82) is 0 Å². The van der Waals surface area contributed by atoms with Crippen LogP contribution in [-0.2, 0) is 6.42 Å². The maximum atomic E-state index is 5.79. The van der Waals surface area contributed by atoms with E-state index in [1.165, 1.54) is 13.4 Å². The third-order valence-electron chi connectivity index (χ3n) is 2.73. The normalized spacial score (nSPS) is 10.2. The van der Waals surface area contributed by atoms with Gasteiger partial charge in [-0.25, -0.2) is 10.8 Å². The number of aryl methyl sites for hydroxylation is 2. The third kappa shape index (κ3) is 2.77. The largest absolute Gasteiger partial charge is 0.489 e. The quantitative estimate of drug-likeness (QED) is 0.634. The summed E-state index contributed by atoms with van der Waals surface area (Å²) in [4.78, 5) is 12.5. The summed E-state index contributed by atoms with van der Waals surface area (Å²) in [5.41, 5.74) is 4.23. The van der Waals surface area contributed by atoms with Gasteiger partial charge in [0.05, 0.1) is 12.8 Å². The number of pyridine rings is 1. The number of anilines is 1. The zero-order valence-corrected chi connectivity index (χ0v) is 11.7. The Bertz CT molecular complexity index is 603.